The van der Waals surface area contributed by atoms with Crippen LogP contribution in [-0.2, 0) is 112 Å². The summed E-state index contributed by atoms with van der Waals surface area (Å²) in [5.74, 6) is -19.9. The molecular weight excluding hydrogens is 1810 g/mol. The number of aryl methyl sites for hydroxylation is 2. The Morgan fingerprint density at radius 2 is 0.868 bits per heavy atom. The number of imide groups is 2. The SMILES string of the molecule is CC(C)(C)OC(=O)C(=O)C[C@@H](C(=O)O)N1C(=O)c2cc3c(cc2C1=O)OC(c1ccccc1)(c1ccccc1)O3.Cc1nc(/C(=N/OC2(C(=O)OC(C)(C)C)CC2)C(=O)C[C@@H]2C(=O)NOC2=O)cs1.Cc1nc(/C(=N/OC2(C(=O)OC(C)(C)C)CC2)C(=O)C[C@H]2CON(C3(C(=O)OC(C)(C)C)C[C@H](N4C(=O)c5cc6c(cc5C4=O)OC(c4ccccc4)(c4ccccc4)O6)C(=O)O3)C2=O)cs1. The van der Waals surface area contributed by atoms with E-state index in [9.17, 15) is 81.8 Å². The molecule has 2 saturated carbocycles. The van der Waals surface area contributed by atoms with Gasteiger partial charge in [0.25, 0.3) is 35.4 Å². The Labute approximate surface area is 784 Å². The molecule has 7 aliphatic heterocycles. The fourth-order valence-electron chi connectivity index (χ4n) is 15.3. The number of carboxylic acids is 1. The van der Waals surface area contributed by atoms with E-state index in [-0.39, 0.29) is 68.1 Å². The molecule has 2 aromatic heterocycles. The minimum Gasteiger partial charge on any atom is -0.480 e. The summed E-state index contributed by atoms with van der Waals surface area (Å²) in [6.07, 6.45) is -1.30. The molecule has 2 N–H and O–H groups in total. The number of hydroxylamine groups is 3. The van der Waals surface area contributed by atoms with Crippen molar-refractivity contribution in [2.45, 2.75) is 211 Å². The van der Waals surface area contributed by atoms with Crippen LogP contribution >= 0.6 is 22.7 Å². The van der Waals surface area contributed by atoms with Gasteiger partial charge in [-0.25, -0.2) is 43.5 Å². The van der Waals surface area contributed by atoms with Gasteiger partial charge in [0, 0.05) is 78.0 Å². The quantitative estimate of drug-likeness (QED) is 0.00967. The first-order valence-corrected chi connectivity index (χ1v) is 44.7. The number of carbonyl (C=O) groups is 16. The van der Waals surface area contributed by atoms with Gasteiger partial charge in [-0.2, -0.15) is 10.5 Å². The van der Waals surface area contributed by atoms with Crippen LogP contribution in [0.15, 0.2) is 167 Å². The number of nitrogens with one attached hydrogen (secondary N) is 1. The molecule has 0 radical (unpaired) electrons. The molecular formula is C96H92N8O30S2. The molecule has 1 unspecified atom stereocenters. The van der Waals surface area contributed by atoms with Crippen molar-refractivity contribution in [1.29, 1.82) is 0 Å². The van der Waals surface area contributed by atoms with Crippen LogP contribution in [0.2, 0.25) is 0 Å². The van der Waals surface area contributed by atoms with Crippen LogP contribution in [0.5, 0.6) is 23.0 Å². The largest absolute Gasteiger partial charge is 0.480 e. The number of hydrogen-bond acceptors (Lipinski definition) is 35. The minimum atomic E-state index is -2.64. The van der Waals surface area contributed by atoms with Crippen LogP contribution in [-0.4, -0.2) is 194 Å². The van der Waals surface area contributed by atoms with Crippen molar-refractivity contribution in [1.82, 2.24) is 30.3 Å². The summed E-state index contributed by atoms with van der Waals surface area (Å²) in [5.41, 5.74) is -4.88. The van der Waals surface area contributed by atoms with Crippen LogP contribution in [0, 0.1) is 25.7 Å². The van der Waals surface area contributed by atoms with Gasteiger partial charge in [-0.1, -0.05) is 132 Å². The normalized spacial score (nSPS) is 20.3. The zero-order valence-corrected chi connectivity index (χ0v) is 77.6. The lowest BCUT2D eigenvalue weighted by atomic mass is 9.97. The maximum absolute atomic E-state index is 14.4. The molecule has 8 aromatic rings. The number of esters is 5. The zero-order valence-electron chi connectivity index (χ0n) is 75.9. The number of fused-ring (bicyclic) bond motifs is 4. The highest BCUT2D eigenvalue weighted by atomic mass is 32.1. The molecule has 6 aromatic carbocycles. The Bertz CT molecular complexity index is 6150. The van der Waals surface area contributed by atoms with E-state index in [1.54, 1.807) is 108 Å². The highest BCUT2D eigenvalue weighted by Gasteiger charge is 2.67. The third kappa shape index (κ3) is 19.4. The van der Waals surface area contributed by atoms with Gasteiger partial charge in [0.2, 0.25) is 17.0 Å². The van der Waals surface area contributed by atoms with E-state index >= 15 is 0 Å². The molecule has 9 heterocycles. The predicted molar refractivity (Wildman–Crippen MR) is 472 cm³/mol. The molecule has 38 nitrogen and oxygen atoms in total. The molecule has 17 rings (SSSR count). The van der Waals surface area contributed by atoms with Crippen LogP contribution < -0.4 is 24.4 Å². The summed E-state index contributed by atoms with van der Waals surface area (Å²) in [7, 11) is 0. The first-order chi connectivity index (χ1) is 64.0. The molecule has 5 fully saturated rings. The summed E-state index contributed by atoms with van der Waals surface area (Å²) < 4.78 is 53.0. The van der Waals surface area contributed by atoms with Crippen LogP contribution in [0.3, 0.4) is 0 Å². The fraction of sp³-hybridized carbons (Fsp3) is 0.375. The number of thiazole rings is 2. The van der Waals surface area contributed by atoms with Crippen LogP contribution in [0.25, 0.3) is 0 Å². The zero-order chi connectivity index (χ0) is 98.1. The number of carbonyl (C=O) groups excluding carboxylic acids is 15. The molecule has 0 bridgehead atoms. The molecule has 40 heteroatoms. The van der Waals surface area contributed by atoms with E-state index < -0.39 is 202 Å². The lowest BCUT2D eigenvalue weighted by Gasteiger charge is -2.35. The number of aromatic nitrogens is 2. The number of oxime groups is 2. The minimum absolute atomic E-state index is 0.102. The first kappa shape index (κ1) is 95.8. The molecule has 2 aliphatic carbocycles. The first-order valence-electron chi connectivity index (χ1n) is 43.0. The van der Waals surface area contributed by atoms with Gasteiger partial charge in [0.1, 0.15) is 51.8 Å². The Kier molecular flexibility index (Phi) is 25.5. The van der Waals surface area contributed by atoms with Gasteiger partial charge in [-0.3, -0.25) is 57.8 Å². The summed E-state index contributed by atoms with van der Waals surface area (Å²) in [4.78, 5) is 241. The van der Waals surface area contributed by atoms with E-state index in [4.69, 9.17) is 57.1 Å². The summed E-state index contributed by atoms with van der Waals surface area (Å²) in [6, 6.07) is 38.3. The molecule has 5 atom stereocenters. The Balaban J connectivity index is 0.000000172. The van der Waals surface area contributed by atoms with Crippen molar-refractivity contribution >= 4 is 129 Å². The van der Waals surface area contributed by atoms with Crippen molar-refractivity contribution in [3.8, 4) is 23.0 Å². The Morgan fingerprint density at radius 1 is 0.493 bits per heavy atom. The van der Waals surface area contributed by atoms with E-state index in [1.807, 2.05) is 127 Å². The second kappa shape index (κ2) is 36.2. The summed E-state index contributed by atoms with van der Waals surface area (Å²) in [6.45, 7) is 22.7. The smallest absolute Gasteiger partial charge is 0.375 e. The van der Waals surface area contributed by atoms with Gasteiger partial charge >= 0.3 is 59.1 Å². The number of rotatable bonds is 26. The van der Waals surface area contributed by atoms with Crippen molar-refractivity contribution in [3.63, 3.8) is 0 Å². The summed E-state index contributed by atoms with van der Waals surface area (Å²) in [5, 5.41) is 22.8. The van der Waals surface area contributed by atoms with Crippen molar-refractivity contribution in [2.75, 3.05) is 6.61 Å². The molecule has 708 valence electrons. The number of hydrogen-bond donors (Lipinski definition) is 2. The number of ether oxygens (including phenoxy) is 9. The topological polar surface area (TPSA) is 486 Å². The van der Waals surface area contributed by atoms with Gasteiger partial charge in [0.15, 0.2) is 46.0 Å². The average Bonchev–Trinajstić information content (AvgIpc) is 1.58. The van der Waals surface area contributed by atoms with Gasteiger partial charge in [-0.05, 0) is 121 Å². The average molecular weight is 1900 g/mol. The predicted octanol–water partition coefficient (Wildman–Crippen LogP) is 10.6. The number of carboxylic acid groups (broad SMARTS) is 1. The molecule has 9 aliphatic rings. The number of Topliss-reactive ketones (excluding diaryl/α,β-unsaturated/α-hetero) is 3. The van der Waals surface area contributed by atoms with Gasteiger partial charge in [0.05, 0.1) is 51.2 Å². The van der Waals surface area contributed by atoms with Gasteiger partial charge in [-0.15, -0.1) is 22.7 Å². The standard InChI is InChI=1S/C48H46N4O14S.C30H25NO9.C18H21N3O7S/c1-26-49-32(25-67-26)37(50-66-46(18-19-46)42(58)64-44(2,3)4)34(53)20-27-24-60-52(38(27)54)47(43(59)65-45(5,6)7)23-33(41(57)63-47)51-39(55)30-21-35-36(22-31(30)40(51)56)62-48(61-35,28-14-10-8-11-15-28)29-16-12-9-13-17-29;1-29(2,3)40-28(37)22(32)16-21(27(35)36)31-25(33)19-14-23-24(15-20(19)26(31)34)39-30(38-23,17-10-6-4-7-11-17)18-12-8-5-9-13-18;1-9-19-11(8-29-9)13(12(22)7-10-14(23)21-27-15(10)24)20-28-18(5-6-18)16(25)26-17(2,3)4/h8-17,21-22,25,27,33H,18-20,23-24H2,1-7H3;4-15,21H,16H2,1-3H3,(H,35,36);8,10H,5-7H2,1-4H3,(H,21,23)/b50-37-;;20-13-/t27-,33-,47?;21-;10-/m001/s1. The molecule has 0 spiro atoms. The second-order valence-electron chi connectivity index (χ2n) is 37.0. The van der Waals surface area contributed by atoms with Crippen molar-refractivity contribution in [2.24, 2.45) is 22.1 Å². The summed E-state index contributed by atoms with van der Waals surface area (Å²) >= 11 is 2.53. The number of ketones is 3. The maximum Gasteiger partial charge on any atom is 0.375 e. The number of nitrogens with zero attached hydrogens (tertiary/aromatic N) is 7. The number of cyclic esters (lactones) is 1. The molecule has 136 heavy (non-hydrogen) atoms. The van der Waals surface area contributed by atoms with E-state index in [0.717, 1.165) is 0 Å². The van der Waals surface area contributed by atoms with E-state index in [1.165, 1.54) is 46.9 Å². The van der Waals surface area contributed by atoms with E-state index in [0.29, 0.717) is 72.8 Å². The van der Waals surface area contributed by atoms with Crippen LogP contribution in [0.1, 0.15) is 220 Å². The third-order valence-electron chi connectivity index (χ3n) is 22.0. The maximum atomic E-state index is 14.4. The number of amides is 6. The Morgan fingerprint density at radius 3 is 1.21 bits per heavy atom. The monoisotopic (exact) mass is 1900 g/mol. The molecule has 6 amide bonds. The highest BCUT2D eigenvalue weighted by Crippen LogP contribution is 2.54. The fourth-order valence-corrected chi connectivity index (χ4v) is 16.4. The lowest BCUT2D eigenvalue weighted by molar-refractivity contribution is -0.263. The molecule has 3 saturated heterocycles. The second-order valence-corrected chi connectivity index (χ2v) is 39.2. The van der Waals surface area contributed by atoms with Gasteiger partial charge < -0.3 is 62.3 Å². The van der Waals surface area contributed by atoms with Crippen LogP contribution in [0.4, 0.5) is 0 Å². The Hall–Kier alpha value is -14.8. The number of benzene rings is 6. The third-order valence-corrected chi connectivity index (χ3v) is 23.6. The van der Waals surface area contributed by atoms with Crippen molar-refractivity contribution < 1.29 is 144 Å². The number of aliphatic carboxylic acids is 1. The van der Waals surface area contributed by atoms with Crippen molar-refractivity contribution in [3.05, 3.63) is 222 Å². The van der Waals surface area contributed by atoms with E-state index in [2.05, 4.69) is 25.1 Å². The highest BCUT2D eigenvalue weighted by molar-refractivity contribution is 7.10. The lowest BCUT2D eigenvalue weighted by Crippen LogP contribution is -2.57.